The molecule has 0 saturated carbocycles. The molecule has 0 atom stereocenters. The van der Waals surface area contributed by atoms with Gasteiger partial charge in [0.05, 0.1) is 14.2 Å². The lowest BCUT2D eigenvalue weighted by Crippen LogP contribution is -2.61. The molecule has 2 aliphatic rings. The third kappa shape index (κ3) is 3.31. The zero-order chi connectivity index (χ0) is 14.7. The Morgan fingerprint density at radius 2 is 1.86 bits per heavy atom. The summed E-state index contributed by atoms with van der Waals surface area (Å²) < 4.78 is 10.7. The molecule has 0 spiro atoms. The summed E-state index contributed by atoms with van der Waals surface area (Å²) in [6.45, 7) is 7.87. The number of hydrogen-bond acceptors (Lipinski definition) is 5. The molecule has 21 heavy (non-hydrogen) atoms. The van der Waals surface area contributed by atoms with Crippen LogP contribution >= 0.6 is 0 Å². The van der Waals surface area contributed by atoms with Crippen molar-refractivity contribution in [2.24, 2.45) is 0 Å². The first kappa shape index (κ1) is 14.6. The molecule has 2 fully saturated rings. The molecule has 0 radical (unpaired) electrons. The van der Waals surface area contributed by atoms with E-state index >= 15 is 0 Å². The van der Waals surface area contributed by atoms with E-state index in [0.717, 1.165) is 50.3 Å². The van der Waals surface area contributed by atoms with Crippen LogP contribution in [-0.4, -0.2) is 69.3 Å². The molecule has 0 amide bonds. The molecule has 5 heteroatoms. The monoisotopic (exact) mass is 291 g/mol. The number of nitrogens with zero attached hydrogens (tertiary/aromatic N) is 2. The van der Waals surface area contributed by atoms with Crippen LogP contribution in [0, 0.1) is 0 Å². The number of benzene rings is 1. The van der Waals surface area contributed by atoms with Gasteiger partial charge in [-0.25, -0.2) is 0 Å². The molecule has 0 aromatic heterocycles. The highest BCUT2D eigenvalue weighted by atomic mass is 16.5. The lowest BCUT2D eigenvalue weighted by Gasteiger charge is -2.43. The van der Waals surface area contributed by atoms with E-state index in [4.69, 9.17) is 9.47 Å². The molecule has 2 saturated heterocycles. The smallest absolute Gasteiger partial charge is 0.127 e. The van der Waals surface area contributed by atoms with Crippen LogP contribution < -0.4 is 14.8 Å². The van der Waals surface area contributed by atoms with E-state index in [2.05, 4.69) is 21.2 Å². The van der Waals surface area contributed by atoms with Crippen molar-refractivity contribution in [1.82, 2.24) is 15.1 Å². The van der Waals surface area contributed by atoms with E-state index in [0.29, 0.717) is 0 Å². The quantitative estimate of drug-likeness (QED) is 0.868. The fraction of sp³-hybridized carbons (Fsp3) is 0.625. The fourth-order valence-corrected chi connectivity index (χ4v) is 3.04. The lowest BCUT2D eigenvalue weighted by atomic mass is 10.1. The minimum atomic E-state index is 0.766. The van der Waals surface area contributed by atoms with Crippen LogP contribution in [0.25, 0.3) is 0 Å². The predicted octanol–water partition coefficient (Wildman–Crippen LogP) is 0.793. The molecule has 0 unspecified atom stereocenters. The van der Waals surface area contributed by atoms with Gasteiger partial charge in [0.25, 0.3) is 0 Å². The van der Waals surface area contributed by atoms with Crippen molar-refractivity contribution in [2.75, 3.05) is 53.5 Å². The summed E-state index contributed by atoms with van der Waals surface area (Å²) in [5, 5.41) is 3.35. The number of rotatable bonds is 5. The van der Waals surface area contributed by atoms with Gasteiger partial charge in [-0.2, -0.15) is 0 Å². The van der Waals surface area contributed by atoms with E-state index < -0.39 is 0 Å². The molecule has 5 nitrogen and oxygen atoms in total. The number of hydrogen-bond donors (Lipinski definition) is 1. The van der Waals surface area contributed by atoms with Crippen molar-refractivity contribution in [2.45, 2.75) is 12.6 Å². The van der Waals surface area contributed by atoms with Gasteiger partial charge in [0, 0.05) is 63.5 Å². The Bertz CT molecular complexity index is 469. The van der Waals surface area contributed by atoms with E-state index in [9.17, 15) is 0 Å². The van der Waals surface area contributed by atoms with Gasteiger partial charge >= 0.3 is 0 Å². The summed E-state index contributed by atoms with van der Waals surface area (Å²) in [5.41, 5.74) is 1.23. The summed E-state index contributed by atoms with van der Waals surface area (Å²) in [6.07, 6.45) is 0. The van der Waals surface area contributed by atoms with E-state index in [1.807, 2.05) is 12.1 Å². The van der Waals surface area contributed by atoms with Gasteiger partial charge in [0.1, 0.15) is 11.5 Å². The average molecular weight is 291 g/mol. The molecule has 0 bridgehead atoms. The van der Waals surface area contributed by atoms with Crippen molar-refractivity contribution in [1.29, 1.82) is 0 Å². The summed E-state index contributed by atoms with van der Waals surface area (Å²) in [5.74, 6) is 1.76. The minimum absolute atomic E-state index is 0.766. The molecule has 3 rings (SSSR count). The standard InChI is InChI=1S/C16H25N3O2/c1-20-15-4-3-13(16(9-15)21-2)12-18-5-7-19(8-6-18)14-10-17-11-14/h3-4,9,14,17H,5-8,10-12H2,1-2H3. The Kier molecular flexibility index (Phi) is 4.63. The fourth-order valence-electron chi connectivity index (χ4n) is 3.04. The number of nitrogens with one attached hydrogen (secondary N) is 1. The van der Waals surface area contributed by atoms with Gasteiger partial charge in [0.2, 0.25) is 0 Å². The third-order valence-corrected chi connectivity index (χ3v) is 4.57. The zero-order valence-corrected chi connectivity index (χ0v) is 13.0. The van der Waals surface area contributed by atoms with Crippen LogP contribution in [-0.2, 0) is 6.54 Å². The first-order chi connectivity index (χ1) is 10.3. The Hall–Kier alpha value is -1.30. The van der Waals surface area contributed by atoms with E-state index in [1.54, 1.807) is 14.2 Å². The Morgan fingerprint density at radius 1 is 1.10 bits per heavy atom. The van der Waals surface area contributed by atoms with Crippen molar-refractivity contribution in [3.63, 3.8) is 0 Å². The minimum Gasteiger partial charge on any atom is -0.497 e. The third-order valence-electron chi connectivity index (χ3n) is 4.57. The normalized spacial score (nSPS) is 21.0. The van der Waals surface area contributed by atoms with Gasteiger partial charge in [-0.3, -0.25) is 9.80 Å². The van der Waals surface area contributed by atoms with Crippen LogP contribution in [0.4, 0.5) is 0 Å². The van der Waals surface area contributed by atoms with Crippen LogP contribution in [0.5, 0.6) is 11.5 Å². The Balaban J connectivity index is 1.57. The van der Waals surface area contributed by atoms with Crippen LogP contribution in [0.2, 0.25) is 0 Å². The molecule has 1 N–H and O–H groups in total. The first-order valence-corrected chi connectivity index (χ1v) is 7.68. The molecule has 2 heterocycles. The summed E-state index contributed by atoms with van der Waals surface area (Å²) in [7, 11) is 3.41. The van der Waals surface area contributed by atoms with Gasteiger partial charge in [0.15, 0.2) is 0 Å². The maximum Gasteiger partial charge on any atom is 0.127 e. The Labute approximate surface area is 126 Å². The van der Waals surface area contributed by atoms with Gasteiger partial charge in [-0.05, 0) is 6.07 Å². The maximum absolute atomic E-state index is 5.49. The second-order valence-electron chi connectivity index (χ2n) is 5.80. The van der Waals surface area contributed by atoms with E-state index in [-0.39, 0.29) is 0 Å². The van der Waals surface area contributed by atoms with Crippen LogP contribution in [0.3, 0.4) is 0 Å². The number of ether oxygens (including phenoxy) is 2. The summed E-state index contributed by atoms with van der Waals surface area (Å²) in [6, 6.07) is 6.85. The highest BCUT2D eigenvalue weighted by Gasteiger charge is 2.27. The zero-order valence-electron chi connectivity index (χ0n) is 13.0. The van der Waals surface area contributed by atoms with Gasteiger partial charge in [-0.1, -0.05) is 6.07 Å². The SMILES string of the molecule is COc1ccc(CN2CCN(C3CNC3)CC2)c(OC)c1. The second kappa shape index (κ2) is 6.64. The predicted molar refractivity (Wildman–Crippen MR) is 83.1 cm³/mol. The summed E-state index contributed by atoms with van der Waals surface area (Å²) >= 11 is 0. The highest BCUT2D eigenvalue weighted by molar-refractivity contribution is 5.40. The number of piperazine rings is 1. The average Bonchev–Trinajstić information content (AvgIpc) is 2.48. The number of methoxy groups -OCH3 is 2. The molecule has 2 aliphatic heterocycles. The van der Waals surface area contributed by atoms with E-state index in [1.165, 1.54) is 18.7 Å². The molecule has 1 aromatic carbocycles. The van der Waals surface area contributed by atoms with Crippen molar-refractivity contribution < 1.29 is 9.47 Å². The lowest BCUT2D eigenvalue weighted by molar-refractivity contribution is 0.0692. The molecule has 1 aromatic rings. The van der Waals surface area contributed by atoms with Crippen LogP contribution in [0.1, 0.15) is 5.56 Å². The van der Waals surface area contributed by atoms with Gasteiger partial charge < -0.3 is 14.8 Å². The highest BCUT2D eigenvalue weighted by Crippen LogP contribution is 2.26. The van der Waals surface area contributed by atoms with Crippen molar-refractivity contribution in [3.05, 3.63) is 23.8 Å². The first-order valence-electron chi connectivity index (χ1n) is 7.68. The molecule has 0 aliphatic carbocycles. The maximum atomic E-state index is 5.49. The molecule has 116 valence electrons. The Morgan fingerprint density at radius 3 is 2.43 bits per heavy atom. The van der Waals surface area contributed by atoms with Crippen molar-refractivity contribution in [3.8, 4) is 11.5 Å². The largest absolute Gasteiger partial charge is 0.497 e. The van der Waals surface area contributed by atoms with Crippen molar-refractivity contribution >= 4 is 0 Å². The topological polar surface area (TPSA) is 37.0 Å². The van der Waals surface area contributed by atoms with Gasteiger partial charge in [-0.15, -0.1) is 0 Å². The molecular formula is C16H25N3O2. The van der Waals surface area contributed by atoms with Crippen LogP contribution in [0.15, 0.2) is 18.2 Å². The second-order valence-corrected chi connectivity index (χ2v) is 5.80. The summed E-state index contributed by atoms with van der Waals surface area (Å²) in [4.78, 5) is 5.12. The molecular weight excluding hydrogens is 266 g/mol.